The third-order valence-electron chi connectivity index (χ3n) is 2.00. The minimum absolute atomic E-state index is 0.550. The Morgan fingerprint density at radius 2 is 1.79 bits per heavy atom. The van der Waals surface area contributed by atoms with Crippen LogP contribution in [-0.4, -0.2) is 20.9 Å². The van der Waals surface area contributed by atoms with Gasteiger partial charge in [0.2, 0.25) is 0 Å². The van der Waals surface area contributed by atoms with Crippen LogP contribution in [0.2, 0.25) is 0 Å². The Bertz CT molecular complexity index is 282. The van der Waals surface area contributed by atoms with Gasteiger partial charge in [0.25, 0.3) is 0 Å². The lowest BCUT2D eigenvalue weighted by molar-refractivity contribution is 0.362. The van der Waals surface area contributed by atoms with E-state index in [4.69, 9.17) is 15.2 Å². The summed E-state index contributed by atoms with van der Waals surface area (Å²) in [4.78, 5) is 0. The molecule has 0 radical (unpaired) electrons. The minimum atomic E-state index is -0.707. The normalized spacial score (nSPS) is 12.3. The first-order chi connectivity index (χ1) is 6.74. The summed E-state index contributed by atoms with van der Waals surface area (Å²) in [7, 11) is 3.03. The van der Waals surface area contributed by atoms with Crippen molar-refractivity contribution >= 4 is 0 Å². The number of nitrogens with two attached hydrogens (primary N) is 1. The van der Waals surface area contributed by atoms with Gasteiger partial charge in [-0.25, -0.2) is 4.39 Å². The molecule has 0 aliphatic carbocycles. The topological polar surface area (TPSA) is 44.5 Å². The molecule has 14 heavy (non-hydrogen) atoms. The van der Waals surface area contributed by atoms with Crippen molar-refractivity contribution in [2.45, 2.75) is 6.04 Å². The maximum Gasteiger partial charge on any atom is 0.127 e. The van der Waals surface area contributed by atoms with E-state index in [0.29, 0.717) is 17.1 Å². The minimum Gasteiger partial charge on any atom is -0.496 e. The van der Waals surface area contributed by atoms with Gasteiger partial charge in [0, 0.05) is 0 Å². The first kappa shape index (κ1) is 10.8. The largest absolute Gasteiger partial charge is 0.496 e. The van der Waals surface area contributed by atoms with Crippen molar-refractivity contribution in [2.24, 2.45) is 5.73 Å². The maximum absolute atomic E-state index is 12.5. The van der Waals surface area contributed by atoms with Crippen LogP contribution < -0.4 is 15.2 Å². The van der Waals surface area contributed by atoms with Crippen molar-refractivity contribution in [1.29, 1.82) is 0 Å². The molecule has 0 saturated carbocycles. The molecule has 1 rings (SSSR count). The summed E-state index contributed by atoms with van der Waals surface area (Å²) in [6, 6.07) is 4.52. The molecule has 4 heteroatoms. The predicted molar refractivity (Wildman–Crippen MR) is 52.4 cm³/mol. The van der Waals surface area contributed by atoms with E-state index in [1.165, 1.54) is 14.2 Å². The van der Waals surface area contributed by atoms with Crippen molar-refractivity contribution in [3.05, 3.63) is 23.8 Å². The number of rotatable bonds is 4. The van der Waals surface area contributed by atoms with Gasteiger partial charge in [0.1, 0.15) is 18.2 Å². The molecule has 3 nitrogen and oxygen atoms in total. The molecule has 0 spiro atoms. The highest BCUT2D eigenvalue weighted by Crippen LogP contribution is 2.32. The van der Waals surface area contributed by atoms with Crippen LogP contribution in [0.25, 0.3) is 0 Å². The van der Waals surface area contributed by atoms with Crippen LogP contribution in [0.3, 0.4) is 0 Å². The molecule has 0 heterocycles. The van der Waals surface area contributed by atoms with E-state index in [-0.39, 0.29) is 0 Å². The zero-order valence-electron chi connectivity index (χ0n) is 8.29. The molecule has 0 saturated heterocycles. The summed E-state index contributed by atoms with van der Waals surface area (Å²) in [6.45, 7) is -0.642. The fraction of sp³-hybridized carbons (Fsp3) is 0.400. The molecule has 0 fully saturated rings. The van der Waals surface area contributed by atoms with Crippen LogP contribution in [0, 0.1) is 0 Å². The van der Waals surface area contributed by atoms with Crippen LogP contribution >= 0.6 is 0 Å². The second-order valence-electron chi connectivity index (χ2n) is 2.84. The van der Waals surface area contributed by atoms with Gasteiger partial charge in [-0.15, -0.1) is 0 Å². The van der Waals surface area contributed by atoms with E-state index in [0.717, 1.165) is 0 Å². The Kier molecular flexibility index (Phi) is 3.71. The Morgan fingerprint density at radius 1 is 1.29 bits per heavy atom. The molecular weight excluding hydrogens is 185 g/mol. The van der Waals surface area contributed by atoms with Crippen LogP contribution in [0.5, 0.6) is 11.5 Å². The molecule has 1 atom stereocenters. The molecule has 0 aliphatic heterocycles. The van der Waals surface area contributed by atoms with Crippen LogP contribution in [-0.2, 0) is 0 Å². The SMILES string of the molecule is COc1cccc(OC)c1[C@@H](N)CF. The first-order valence-corrected chi connectivity index (χ1v) is 4.27. The number of alkyl halides is 1. The van der Waals surface area contributed by atoms with Crippen molar-refractivity contribution in [3.63, 3.8) is 0 Å². The quantitative estimate of drug-likeness (QED) is 0.802. The molecule has 0 aliphatic rings. The fourth-order valence-electron chi connectivity index (χ4n) is 1.32. The Labute approximate surface area is 82.6 Å². The number of halogens is 1. The van der Waals surface area contributed by atoms with Crippen molar-refractivity contribution in [3.8, 4) is 11.5 Å². The van der Waals surface area contributed by atoms with Crippen molar-refractivity contribution in [1.82, 2.24) is 0 Å². The average Bonchev–Trinajstić information content (AvgIpc) is 2.26. The highest BCUT2D eigenvalue weighted by atomic mass is 19.1. The lowest BCUT2D eigenvalue weighted by Gasteiger charge is -2.16. The second kappa shape index (κ2) is 4.81. The first-order valence-electron chi connectivity index (χ1n) is 4.27. The highest BCUT2D eigenvalue weighted by Gasteiger charge is 2.16. The molecule has 0 amide bonds. The summed E-state index contributed by atoms with van der Waals surface area (Å²) in [5.41, 5.74) is 6.18. The number of methoxy groups -OCH3 is 2. The van der Waals surface area contributed by atoms with Gasteiger partial charge >= 0.3 is 0 Å². The van der Waals surface area contributed by atoms with E-state index in [1.807, 2.05) is 0 Å². The van der Waals surface area contributed by atoms with E-state index in [2.05, 4.69) is 0 Å². The van der Waals surface area contributed by atoms with Gasteiger partial charge < -0.3 is 15.2 Å². The fourth-order valence-corrected chi connectivity index (χ4v) is 1.32. The zero-order valence-corrected chi connectivity index (χ0v) is 8.29. The molecular formula is C10H14FNO2. The third-order valence-corrected chi connectivity index (χ3v) is 2.00. The van der Waals surface area contributed by atoms with Gasteiger partial charge in [-0.05, 0) is 12.1 Å². The number of benzene rings is 1. The molecule has 78 valence electrons. The zero-order chi connectivity index (χ0) is 10.6. The summed E-state index contributed by atoms with van der Waals surface area (Å²) in [5.74, 6) is 1.10. The number of ether oxygens (including phenoxy) is 2. The van der Waals surface area contributed by atoms with E-state index in [1.54, 1.807) is 18.2 Å². The average molecular weight is 199 g/mol. The maximum atomic E-state index is 12.5. The van der Waals surface area contributed by atoms with E-state index >= 15 is 0 Å². The molecule has 0 unspecified atom stereocenters. The molecule has 0 bridgehead atoms. The summed E-state index contributed by atoms with van der Waals surface area (Å²) in [6.07, 6.45) is 0. The van der Waals surface area contributed by atoms with Gasteiger partial charge in [0.05, 0.1) is 25.8 Å². The highest BCUT2D eigenvalue weighted by molar-refractivity contribution is 5.46. The van der Waals surface area contributed by atoms with Gasteiger partial charge in [-0.2, -0.15) is 0 Å². The molecule has 1 aromatic carbocycles. The Hall–Kier alpha value is -1.29. The third kappa shape index (κ3) is 1.96. The van der Waals surface area contributed by atoms with Crippen molar-refractivity contribution in [2.75, 3.05) is 20.9 Å². The smallest absolute Gasteiger partial charge is 0.127 e. The van der Waals surface area contributed by atoms with E-state index in [9.17, 15) is 4.39 Å². The second-order valence-corrected chi connectivity index (χ2v) is 2.84. The monoisotopic (exact) mass is 199 g/mol. The molecule has 2 N–H and O–H groups in total. The Balaban J connectivity index is 3.18. The summed E-state index contributed by atoms with van der Waals surface area (Å²) < 4.78 is 22.6. The lowest BCUT2D eigenvalue weighted by atomic mass is 10.1. The number of hydrogen-bond donors (Lipinski definition) is 1. The lowest BCUT2D eigenvalue weighted by Crippen LogP contribution is -2.14. The van der Waals surface area contributed by atoms with Gasteiger partial charge in [-0.1, -0.05) is 6.07 Å². The van der Waals surface area contributed by atoms with Crippen LogP contribution in [0.4, 0.5) is 4.39 Å². The Morgan fingerprint density at radius 3 is 2.14 bits per heavy atom. The standard InChI is InChI=1S/C10H14FNO2/c1-13-8-4-3-5-9(14-2)10(8)7(12)6-11/h3-5,7H,6,12H2,1-2H3/t7-/m0/s1. The van der Waals surface area contributed by atoms with Crippen LogP contribution in [0.15, 0.2) is 18.2 Å². The van der Waals surface area contributed by atoms with Gasteiger partial charge in [-0.3, -0.25) is 0 Å². The predicted octanol–water partition coefficient (Wildman–Crippen LogP) is 1.67. The van der Waals surface area contributed by atoms with Crippen LogP contribution in [0.1, 0.15) is 11.6 Å². The molecule has 1 aromatic rings. The van der Waals surface area contributed by atoms with Crippen molar-refractivity contribution < 1.29 is 13.9 Å². The van der Waals surface area contributed by atoms with Gasteiger partial charge in [0.15, 0.2) is 0 Å². The summed E-state index contributed by atoms with van der Waals surface area (Å²) in [5, 5.41) is 0. The number of hydrogen-bond acceptors (Lipinski definition) is 3. The molecule has 0 aromatic heterocycles. The van der Waals surface area contributed by atoms with E-state index < -0.39 is 12.7 Å². The summed E-state index contributed by atoms with van der Waals surface area (Å²) >= 11 is 0.